The van der Waals surface area contributed by atoms with Gasteiger partial charge in [-0.2, -0.15) is 0 Å². The first-order valence-corrected chi connectivity index (χ1v) is 13.0. The molecule has 0 spiro atoms. The largest absolute Gasteiger partial charge is 0.393 e. The van der Waals surface area contributed by atoms with Gasteiger partial charge in [-0.3, -0.25) is 19.1 Å². The summed E-state index contributed by atoms with van der Waals surface area (Å²) < 4.78 is 26.5. The number of fused-ring (bicyclic) bond motifs is 2. The molecule has 0 bridgehead atoms. The molecule has 178 valence electrons. The van der Waals surface area contributed by atoms with E-state index in [1.165, 1.54) is 0 Å². The molecule has 0 aromatic carbocycles. The van der Waals surface area contributed by atoms with Crippen molar-refractivity contribution in [3.05, 3.63) is 12.2 Å². The lowest BCUT2D eigenvalue weighted by Crippen LogP contribution is -2.55. The van der Waals surface area contributed by atoms with Gasteiger partial charge in [0.15, 0.2) is 0 Å². The van der Waals surface area contributed by atoms with E-state index in [9.17, 15) is 27.9 Å². The third-order valence-corrected chi connectivity index (χ3v) is 9.81. The summed E-state index contributed by atoms with van der Waals surface area (Å²) >= 11 is 0. The van der Waals surface area contributed by atoms with Crippen molar-refractivity contribution in [3.63, 3.8) is 0 Å². The van der Waals surface area contributed by atoms with Gasteiger partial charge in [-0.1, -0.05) is 12.2 Å². The van der Waals surface area contributed by atoms with Gasteiger partial charge in [-0.15, -0.1) is 0 Å². The van der Waals surface area contributed by atoms with E-state index in [4.69, 9.17) is 0 Å². The molecule has 4 rings (SSSR count). The van der Waals surface area contributed by atoms with Gasteiger partial charge in [0.2, 0.25) is 21.8 Å². The Balaban J connectivity index is 1.59. The molecule has 0 aromatic rings. The van der Waals surface area contributed by atoms with Crippen LogP contribution in [0.2, 0.25) is 0 Å². The monoisotopic (exact) mass is 467 g/mol. The highest BCUT2D eigenvalue weighted by Crippen LogP contribution is 2.48. The number of sulfonamides is 1. The van der Waals surface area contributed by atoms with Crippen LogP contribution in [0, 0.1) is 17.8 Å². The van der Waals surface area contributed by atoms with Crippen LogP contribution in [-0.2, 0) is 24.4 Å². The van der Waals surface area contributed by atoms with Gasteiger partial charge in [0.05, 0.1) is 22.7 Å². The topological polar surface area (TPSA) is 133 Å². The fourth-order valence-electron chi connectivity index (χ4n) is 4.91. The average molecular weight is 468 g/mol. The SMILES string of the molecule is CN1CCCC/C=C\[C@H]2C[C@@]2(C(=O)NS(=O)(=O)C2(C)CC2)NC(=O)C2C[C@@H](O)C[C@H]2C1=O. The predicted molar refractivity (Wildman–Crippen MR) is 117 cm³/mol. The molecule has 32 heavy (non-hydrogen) atoms. The van der Waals surface area contributed by atoms with Crippen LogP contribution >= 0.6 is 0 Å². The number of allylic oxidation sites excluding steroid dienone is 1. The van der Waals surface area contributed by atoms with Crippen molar-refractivity contribution in [2.24, 2.45) is 17.8 Å². The highest BCUT2D eigenvalue weighted by atomic mass is 32.2. The van der Waals surface area contributed by atoms with E-state index in [2.05, 4.69) is 10.0 Å². The predicted octanol–water partition coefficient (Wildman–Crippen LogP) is 0.445. The number of hydrogen-bond acceptors (Lipinski definition) is 6. The molecule has 5 atom stereocenters. The van der Waals surface area contributed by atoms with Gasteiger partial charge in [0, 0.05) is 19.5 Å². The summed E-state index contributed by atoms with van der Waals surface area (Å²) in [5.74, 6) is -3.09. The quantitative estimate of drug-likeness (QED) is 0.516. The van der Waals surface area contributed by atoms with E-state index in [0.717, 1.165) is 19.3 Å². The molecule has 0 radical (unpaired) electrons. The molecule has 0 saturated heterocycles. The molecule has 1 heterocycles. The Morgan fingerprint density at radius 1 is 1.22 bits per heavy atom. The molecule has 3 N–H and O–H groups in total. The zero-order valence-electron chi connectivity index (χ0n) is 18.7. The first-order valence-electron chi connectivity index (χ1n) is 11.5. The molecule has 4 aliphatic rings. The molecule has 3 saturated carbocycles. The maximum Gasteiger partial charge on any atom is 0.259 e. The summed E-state index contributed by atoms with van der Waals surface area (Å²) in [7, 11) is -2.14. The van der Waals surface area contributed by atoms with Crippen LogP contribution in [0.4, 0.5) is 0 Å². The number of hydrogen-bond donors (Lipinski definition) is 3. The minimum Gasteiger partial charge on any atom is -0.393 e. The highest BCUT2D eigenvalue weighted by Gasteiger charge is 2.63. The van der Waals surface area contributed by atoms with Gasteiger partial charge in [-0.25, -0.2) is 8.42 Å². The van der Waals surface area contributed by atoms with Crippen LogP contribution in [0.1, 0.15) is 58.3 Å². The lowest BCUT2D eigenvalue weighted by molar-refractivity contribution is -0.140. The molecule has 9 nitrogen and oxygen atoms in total. The number of carbonyl (C=O) groups is 3. The number of carbonyl (C=O) groups excluding carboxylic acids is 3. The maximum atomic E-state index is 13.2. The number of aliphatic hydroxyl groups excluding tert-OH is 1. The summed E-state index contributed by atoms with van der Waals surface area (Å²) in [6.07, 6.45) is 7.17. The molecule has 3 fully saturated rings. The second-order valence-corrected chi connectivity index (χ2v) is 12.4. The van der Waals surface area contributed by atoms with Crippen LogP contribution in [0.3, 0.4) is 0 Å². The van der Waals surface area contributed by atoms with E-state index < -0.39 is 50.1 Å². The number of nitrogens with one attached hydrogen (secondary N) is 2. The van der Waals surface area contributed by atoms with Crippen LogP contribution in [0.5, 0.6) is 0 Å². The van der Waals surface area contributed by atoms with E-state index >= 15 is 0 Å². The Morgan fingerprint density at radius 2 is 1.91 bits per heavy atom. The lowest BCUT2D eigenvalue weighted by atomic mass is 9.93. The van der Waals surface area contributed by atoms with Crippen molar-refractivity contribution in [2.75, 3.05) is 13.6 Å². The number of nitrogens with zero attached hydrogens (tertiary/aromatic N) is 1. The zero-order valence-corrected chi connectivity index (χ0v) is 19.5. The molecule has 3 amide bonds. The summed E-state index contributed by atoms with van der Waals surface area (Å²) in [5.41, 5.74) is -1.34. The summed E-state index contributed by atoms with van der Waals surface area (Å²) in [6.45, 7) is 2.18. The maximum absolute atomic E-state index is 13.2. The summed E-state index contributed by atoms with van der Waals surface area (Å²) in [4.78, 5) is 41.0. The fraction of sp³-hybridized carbons (Fsp3) is 0.773. The van der Waals surface area contributed by atoms with Gasteiger partial charge >= 0.3 is 0 Å². The molecule has 1 aliphatic heterocycles. The Labute approximate surface area is 189 Å². The molecule has 10 heteroatoms. The van der Waals surface area contributed by atoms with Gasteiger partial charge < -0.3 is 15.3 Å². The third kappa shape index (κ3) is 4.19. The minimum absolute atomic E-state index is 0.144. The molecule has 1 unspecified atom stereocenters. The first-order chi connectivity index (χ1) is 15.0. The molecule has 0 aromatic heterocycles. The second kappa shape index (κ2) is 8.13. The number of rotatable bonds is 3. The molecular formula is C22H33N3O6S. The van der Waals surface area contributed by atoms with E-state index in [1.807, 2.05) is 12.2 Å². The van der Waals surface area contributed by atoms with Crippen molar-refractivity contribution in [2.45, 2.75) is 74.7 Å². The summed E-state index contributed by atoms with van der Waals surface area (Å²) in [5, 5.41) is 13.0. The Morgan fingerprint density at radius 3 is 2.59 bits per heavy atom. The van der Waals surface area contributed by atoms with Gasteiger partial charge in [-0.05, 0) is 58.3 Å². The van der Waals surface area contributed by atoms with E-state index in [1.54, 1.807) is 18.9 Å². The van der Waals surface area contributed by atoms with E-state index in [0.29, 0.717) is 25.8 Å². The van der Waals surface area contributed by atoms with Crippen LogP contribution in [0.25, 0.3) is 0 Å². The average Bonchev–Trinajstić information content (AvgIpc) is 3.60. The zero-order chi connectivity index (χ0) is 23.3. The van der Waals surface area contributed by atoms with E-state index in [-0.39, 0.29) is 24.7 Å². The van der Waals surface area contributed by atoms with Gasteiger partial charge in [0.25, 0.3) is 5.91 Å². The van der Waals surface area contributed by atoms with Gasteiger partial charge in [0.1, 0.15) is 5.54 Å². The van der Waals surface area contributed by atoms with Crippen molar-refractivity contribution in [3.8, 4) is 0 Å². The number of amides is 3. The standard InChI is InChI=1S/C22H33N3O6S/c1-21(8-9-21)32(30,31)24-20(29)22-13-14(22)7-5-3-4-6-10-25(2)19(28)17-12-15(26)11-16(17)18(27)23-22/h5,7,14-17,26H,3-4,6,8-13H2,1-2H3,(H,23,27)(H,24,29)/b7-5-/t14-,15+,16?,17+,22+/m0/s1. The number of aliphatic hydroxyl groups is 1. The highest BCUT2D eigenvalue weighted by molar-refractivity contribution is 7.91. The van der Waals surface area contributed by atoms with Crippen molar-refractivity contribution < 1.29 is 27.9 Å². The first kappa shape index (κ1) is 23.2. The Hall–Kier alpha value is -1.94. The smallest absolute Gasteiger partial charge is 0.259 e. The Kier molecular flexibility index (Phi) is 5.90. The molecular weight excluding hydrogens is 434 g/mol. The van der Waals surface area contributed by atoms with Crippen LogP contribution in [0.15, 0.2) is 12.2 Å². The second-order valence-electron chi connectivity index (χ2n) is 10.2. The fourth-order valence-corrected chi connectivity index (χ4v) is 6.23. The van der Waals surface area contributed by atoms with Crippen LogP contribution < -0.4 is 10.0 Å². The summed E-state index contributed by atoms with van der Waals surface area (Å²) in [6, 6.07) is 0. The van der Waals surface area contributed by atoms with Crippen LogP contribution in [-0.4, -0.2) is 66.1 Å². The van der Waals surface area contributed by atoms with Crippen molar-refractivity contribution in [1.29, 1.82) is 0 Å². The minimum atomic E-state index is -3.84. The Bertz CT molecular complexity index is 943. The van der Waals surface area contributed by atoms with Crippen molar-refractivity contribution in [1.82, 2.24) is 14.9 Å². The molecule has 3 aliphatic carbocycles. The lowest BCUT2D eigenvalue weighted by Gasteiger charge is -2.27. The third-order valence-electron chi connectivity index (χ3n) is 7.65. The van der Waals surface area contributed by atoms with Crippen molar-refractivity contribution >= 4 is 27.7 Å². The normalized spacial score (nSPS) is 38.0.